The minimum absolute atomic E-state index is 0.194. The number of ether oxygens (including phenoxy) is 3. The van der Waals surface area contributed by atoms with Crippen molar-refractivity contribution in [2.24, 2.45) is 0 Å². The number of fused-ring (bicyclic) bond motifs is 1. The quantitative estimate of drug-likeness (QED) is 0.252. The van der Waals surface area contributed by atoms with Gasteiger partial charge in [0.15, 0.2) is 17.7 Å². The second-order valence-corrected chi connectivity index (χ2v) is 9.36. The molecule has 0 amide bonds. The summed E-state index contributed by atoms with van der Waals surface area (Å²) in [4.78, 5) is 7.62. The van der Waals surface area contributed by atoms with Crippen LogP contribution in [0.15, 0.2) is 36.8 Å². The summed E-state index contributed by atoms with van der Waals surface area (Å²) in [5.41, 5.74) is 1.80. The van der Waals surface area contributed by atoms with E-state index in [9.17, 15) is 9.65 Å². The lowest BCUT2D eigenvalue weighted by Crippen LogP contribution is -2.19. The molecule has 1 aromatic carbocycles. The molecule has 0 saturated carbocycles. The Kier molecular flexibility index (Phi) is 7.15. The average Bonchev–Trinajstić information content (AvgIpc) is 3.26. The van der Waals surface area contributed by atoms with Crippen LogP contribution in [0, 0.1) is 17.3 Å². The Labute approximate surface area is 222 Å². The monoisotopic (exact) mass is 541 g/mol. The van der Waals surface area contributed by atoms with E-state index in [4.69, 9.17) is 42.5 Å². The van der Waals surface area contributed by atoms with Crippen molar-refractivity contribution in [3.8, 4) is 28.8 Å². The minimum atomic E-state index is -0.864. The number of nitrogens with zero attached hydrogens (tertiary/aromatic N) is 5. The van der Waals surface area contributed by atoms with E-state index >= 15 is 0 Å². The van der Waals surface area contributed by atoms with Gasteiger partial charge >= 0.3 is 0 Å². The van der Waals surface area contributed by atoms with Gasteiger partial charge < -0.3 is 14.2 Å². The zero-order valence-electron chi connectivity index (χ0n) is 20.0. The molecule has 3 aromatic heterocycles. The van der Waals surface area contributed by atoms with Crippen LogP contribution in [0.2, 0.25) is 10.0 Å². The lowest BCUT2D eigenvalue weighted by atomic mass is 10.0. The van der Waals surface area contributed by atoms with E-state index in [-0.39, 0.29) is 11.8 Å². The van der Waals surface area contributed by atoms with E-state index in [1.54, 1.807) is 22.9 Å². The van der Waals surface area contributed by atoms with Crippen molar-refractivity contribution in [2.45, 2.75) is 38.5 Å². The zero-order valence-corrected chi connectivity index (χ0v) is 21.6. The molecule has 0 bridgehead atoms. The van der Waals surface area contributed by atoms with Gasteiger partial charge in [0.05, 0.1) is 22.7 Å². The van der Waals surface area contributed by atoms with Crippen LogP contribution in [0.25, 0.3) is 22.2 Å². The van der Waals surface area contributed by atoms with Crippen molar-refractivity contribution in [2.75, 3.05) is 13.7 Å². The number of aromatic nitrogens is 4. The number of methoxy groups -OCH3 is 1. The molecular formula is C26H22Cl2FN5O3. The van der Waals surface area contributed by atoms with Gasteiger partial charge in [-0.1, -0.05) is 23.2 Å². The van der Waals surface area contributed by atoms with Gasteiger partial charge in [-0.3, -0.25) is 4.98 Å². The summed E-state index contributed by atoms with van der Waals surface area (Å²) < 4.78 is 34.2. The van der Waals surface area contributed by atoms with Crippen LogP contribution < -0.4 is 9.47 Å². The highest BCUT2D eigenvalue weighted by Gasteiger charge is 2.26. The Morgan fingerprint density at radius 1 is 1.22 bits per heavy atom. The zero-order chi connectivity index (χ0) is 26.1. The molecule has 8 nitrogen and oxygen atoms in total. The normalized spacial score (nSPS) is 16.4. The van der Waals surface area contributed by atoms with Gasteiger partial charge in [0.25, 0.3) is 0 Å². The maximum absolute atomic E-state index is 14.5. The molecule has 11 heteroatoms. The fourth-order valence-electron chi connectivity index (χ4n) is 4.53. The highest BCUT2D eigenvalue weighted by atomic mass is 35.5. The van der Waals surface area contributed by atoms with Gasteiger partial charge in [-0.2, -0.15) is 14.8 Å². The van der Waals surface area contributed by atoms with Crippen LogP contribution in [0.5, 0.6) is 11.5 Å². The molecule has 1 unspecified atom stereocenters. The molecule has 37 heavy (non-hydrogen) atoms. The Hall–Kier alpha value is -3.45. The molecule has 0 aliphatic carbocycles. The van der Waals surface area contributed by atoms with E-state index in [2.05, 4.69) is 9.97 Å². The van der Waals surface area contributed by atoms with Crippen LogP contribution in [0.4, 0.5) is 4.39 Å². The van der Waals surface area contributed by atoms with E-state index in [1.165, 1.54) is 25.7 Å². The number of hydrogen-bond donors (Lipinski definition) is 0. The number of pyridine rings is 2. The topological polar surface area (TPSA) is 95.1 Å². The van der Waals surface area contributed by atoms with E-state index in [0.717, 1.165) is 19.3 Å². The van der Waals surface area contributed by atoms with Gasteiger partial charge in [0.1, 0.15) is 23.4 Å². The molecule has 4 heterocycles. The van der Waals surface area contributed by atoms with Crippen molar-refractivity contribution >= 4 is 34.1 Å². The Morgan fingerprint density at radius 2 is 2.00 bits per heavy atom. The fraction of sp³-hybridized carbons (Fsp3) is 0.308. The summed E-state index contributed by atoms with van der Waals surface area (Å²) in [6.07, 6.45) is 6.16. The SMILES string of the molecule is COc1cc2c(cc1O[C@H](C)c1c(Cl)cncc1Cl)c(-c1ccnc(F)c1C#N)nn2C1CCCCO1. The molecule has 190 valence electrons. The average molecular weight is 542 g/mol. The predicted octanol–water partition coefficient (Wildman–Crippen LogP) is 6.66. The number of hydrogen-bond acceptors (Lipinski definition) is 7. The molecule has 0 radical (unpaired) electrons. The Balaban J connectivity index is 1.69. The smallest absolute Gasteiger partial charge is 0.231 e. The van der Waals surface area contributed by atoms with E-state index < -0.39 is 12.1 Å². The molecule has 1 fully saturated rings. The molecule has 2 atom stereocenters. The van der Waals surface area contributed by atoms with Gasteiger partial charge in [0.2, 0.25) is 5.95 Å². The van der Waals surface area contributed by atoms with Crippen molar-refractivity contribution in [3.63, 3.8) is 0 Å². The summed E-state index contributed by atoms with van der Waals surface area (Å²) >= 11 is 12.7. The number of nitriles is 1. The first-order chi connectivity index (χ1) is 17.9. The van der Waals surface area contributed by atoms with Crippen LogP contribution in [-0.2, 0) is 4.74 Å². The first-order valence-electron chi connectivity index (χ1n) is 11.6. The maximum Gasteiger partial charge on any atom is 0.231 e. The number of rotatable bonds is 6. The number of halogens is 3. The fourth-order valence-corrected chi connectivity index (χ4v) is 5.20. The highest BCUT2D eigenvalue weighted by molar-refractivity contribution is 6.35. The van der Waals surface area contributed by atoms with E-state index in [0.29, 0.717) is 55.9 Å². The minimum Gasteiger partial charge on any atom is -0.493 e. The lowest BCUT2D eigenvalue weighted by molar-refractivity contribution is -0.0365. The van der Waals surface area contributed by atoms with Crippen molar-refractivity contribution in [1.82, 2.24) is 19.7 Å². The summed E-state index contributed by atoms with van der Waals surface area (Å²) in [6.45, 7) is 2.42. The Morgan fingerprint density at radius 3 is 2.68 bits per heavy atom. The molecular weight excluding hydrogens is 520 g/mol. The van der Waals surface area contributed by atoms with Crippen molar-refractivity contribution < 1.29 is 18.6 Å². The van der Waals surface area contributed by atoms with Crippen LogP contribution in [0.3, 0.4) is 0 Å². The maximum atomic E-state index is 14.5. The summed E-state index contributed by atoms with van der Waals surface area (Å²) in [7, 11) is 1.54. The van der Waals surface area contributed by atoms with Crippen molar-refractivity contribution in [1.29, 1.82) is 5.26 Å². The Bertz CT molecular complexity index is 1490. The summed E-state index contributed by atoms with van der Waals surface area (Å²) in [5, 5.41) is 15.8. The second-order valence-electron chi connectivity index (χ2n) is 8.55. The van der Waals surface area contributed by atoms with Crippen LogP contribution >= 0.6 is 23.2 Å². The third-order valence-corrected chi connectivity index (χ3v) is 6.89. The van der Waals surface area contributed by atoms with Gasteiger partial charge in [-0.15, -0.1) is 0 Å². The van der Waals surface area contributed by atoms with E-state index in [1.807, 2.05) is 13.0 Å². The summed E-state index contributed by atoms with van der Waals surface area (Å²) in [5.74, 6) is -0.0207. The summed E-state index contributed by atoms with van der Waals surface area (Å²) in [6, 6.07) is 7.03. The molecule has 5 rings (SSSR count). The molecule has 1 aliphatic rings. The molecule has 1 saturated heterocycles. The first kappa shape index (κ1) is 25.2. The molecule has 0 N–H and O–H groups in total. The van der Waals surface area contributed by atoms with Crippen molar-refractivity contribution in [3.05, 3.63) is 63.9 Å². The highest BCUT2D eigenvalue weighted by Crippen LogP contribution is 2.42. The number of benzene rings is 1. The van der Waals surface area contributed by atoms with Gasteiger partial charge in [-0.25, -0.2) is 9.67 Å². The lowest BCUT2D eigenvalue weighted by Gasteiger charge is -2.24. The van der Waals surface area contributed by atoms with Gasteiger partial charge in [-0.05, 0) is 38.3 Å². The third-order valence-electron chi connectivity index (χ3n) is 6.29. The predicted molar refractivity (Wildman–Crippen MR) is 136 cm³/mol. The van der Waals surface area contributed by atoms with Crippen LogP contribution in [-0.4, -0.2) is 33.5 Å². The molecule has 1 aliphatic heterocycles. The largest absolute Gasteiger partial charge is 0.493 e. The molecule has 0 spiro atoms. The second kappa shape index (κ2) is 10.5. The third kappa shape index (κ3) is 4.68. The molecule has 4 aromatic rings. The van der Waals surface area contributed by atoms with Gasteiger partial charge in [0, 0.05) is 47.8 Å². The standard InChI is InChI=1S/C26H22Cl2FN5O3/c1-14(24-18(27)12-31-13-19(24)28)37-22-9-16-20(10-21(22)35-2)34(23-5-3-4-8-36-23)33-25(16)15-6-7-32-26(29)17(15)11-30/h6-7,9-10,12-14,23H,3-5,8H2,1-2H3/t14-,23?/m1/s1. The first-order valence-corrected chi connectivity index (χ1v) is 12.4. The van der Waals surface area contributed by atoms with Crippen LogP contribution in [0.1, 0.15) is 49.6 Å².